The molecule has 0 nitrogen and oxygen atoms in total. The maximum Gasteiger partial charge on any atom is 0.0278 e. The lowest BCUT2D eigenvalue weighted by molar-refractivity contribution is 1.71. The van der Waals surface area contributed by atoms with Crippen molar-refractivity contribution in [2.24, 2.45) is 0 Å². The molecule has 0 unspecified atom stereocenters. The number of benzene rings is 3. The lowest BCUT2D eigenvalue weighted by atomic mass is 10.4. The van der Waals surface area contributed by atoms with E-state index >= 15 is 0 Å². The van der Waals surface area contributed by atoms with Gasteiger partial charge in [0.2, 0.25) is 0 Å². The first-order valence-corrected chi connectivity index (χ1v) is 10.5. The molecule has 0 saturated heterocycles. The molecule has 3 aromatic carbocycles. The van der Waals surface area contributed by atoms with Crippen LogP contribution >= 0.6 is 29.9 Å². The standard InChI is InChI=1S/C19H17IP/c20-16-21(17-10-4-1-5-11-17,18-12-6-2-7-13-18)19-14-8-3-9-15-19/h1-15H,16H2. The van der Waals surface area contributed by atoms with Crippen LogP contribution in [0, 0.1) is 0 Å². The summed E-state index contributed by atoms with van der Waals surface area (Å²) in [6.45, 7) is 0. The minimum Gasteiger partial charge on any atom is -0.0806 e. The highest BCUT2D eigenvalue weighted by molar-refractivity contribution is 14.1. The Balaban J connectivity index is 2.29. The van der Waals surface area contributed by atoms with Crippen molar-refractivity contribution in [3.05, 3.63) is 91.0 Å². The van der Waals surface area contributed by atoms with Gasteiger partial charge in [0.15, 0.2) is 0 Å². The van der Waals surface area contributed by atoms with Gasteiger partial charge in [-0.2, -0.15) is 0 Å². The first-order chi connectivity index (χ1) is 10.4. The summed E-state index contributed by atoms with van der Waals surface area (Å²) in [5, 5.41) is 4.37. The highest BCUT2D eigenvalue weighted by atomic mass is 127. The largest absolute Gasteiger partial charge is 0.0806 e. The predicted molar refractivity (Wildman–Crippen MR) is 104 cm³/mol. The van der Waals surface area contributed by atoms with E-state index in [2.05, 4.69) is 114 Å². The molecule has 0 atom stereocenters. The third-order valence-electron chi connectivity index (χ3n) is 3.77. The van der Waals surface area contributed by atoms with E-state index in [1.165, 1.54) is 15.9 Å². The second-order valence-electron chi connectivity index (χ2n) is 4.94. The molecule has 0 aliphatic carbocycles. The fourth-order valence-corrected chi connectivity index (χ4v) is 9.60. The van der Waals surface area contributed by atoms with Crippen LogP contribution in [0.4, 0.5) is 0 Å². The summed E-state index contributed by atoms with van der Waals surface area (Å²) >= 11 is 2.56. The van der Waals surface area contributed by atoms with E-state index in [9.17, 15) is 0 Å². The van der Waals surface area contributed by atoms with Gasteiger partial charge in [-0.15, -0.1) is 0 Å². The summed E-state index contributed by atoms with van der Waals surface area (Å²) in [6.07, 6.45) is 0. The highest BCUT2D eigenvalue weighted by Gasteiger charge is 2.32. The average molecular weight is 403 g/mol. The molecule has 3 rings (SSSR count). The Kier molecular flexibility index (Phi) is 4.72. The Morgan fingerprint density at radius 1 is 0.524 bits per heavy atom. The lowest BCUT2D eigenvalue weighted by Crippen LogP contribution is -2.31. The van der Waals surface area contributed by atoms with E-state index < -0.39 is 7.26 Å². The van der Waals surface area contributed by atoms with Crippen molar-refractivity contribution in [3.8, 4) is 0 Å². The molecule has 0 N–H and O–H groups in total. The maximum absolute atomic E-state index is 2.56. The van der Waals surface area contributed by atoms with Gasteiger partial charge in [-0.05, 0) is 23.2 Å². The van der Waals surface area contributed by atoms with Crippen LogP contribution in [0.15, 0.2) is 91.0 Å². The van der Waals surface area contributed by atoms with Crippen molar-refractivity contribution in [3.63, 3.8) is 0 Å². The topological polar surface area (TPSA) is 0 Å². The molecule has 0 saturated carbocycles. The van der Waals surface area contributed by atoms with Crippen LogP contribution in [0.5, 0.6) is 0 Å². The van der Waals surface area contributed by atoms with Gasteiger partial charge in [0.25, 0.3) is 0 Å². The fraction of sp³-hybridized carbons (Fsp3) is 0.0526. The van der Waals surface area contributed by atoms with Gasteiger partial charge in [0, 0.05) is 4.17 Å². The molecule has 0 amide bonds. The molecule has 21 heavy (non-hydrogen) atoms. The number of hydrogen-bond donors (Lipinski definition) is 0. The van der Waals surface area contributed by atoms with Crippen molar-refractivity contribution in [1.29, 1.82) is 0 Å². The summed E-state index contributed by atoms with van der Waals surface area (Å²) in [4.78, 5) is 0. The highest BCUT2D eigenvalue weighted by Crippen LogP contribution is 2.56. The summed E-state index contributed by atoms with van der Waals surface area (Å²) in [5.41, 5.74) is 0. The first kappa shape index (κ1) is 14.7. The molecule has 0 heterocycles. The summed E-state index contributed by atoms with van der Waals surface area (Å²) in [6, 6.07) is 32.9. The van der Waals surface area contributed by atoms with E-state index in [0.717, 1.165) is 4.17 Å². The fourth-order valence-electron chi connectivity index (χ4n) is 2.70. The van der Waals surface area contributed by atoms with Gasteiger partial charge in [-0.1, -0.05) is 114 Å². The molecule has 2 heteroatoms. The third kappa shape index (κ3) is 2.77. The van der Waals surface area contributed by atoms with Crippen molar-refractivity contribution in [1.82, 2.24) is 0 Å². The van der Waals surface area contributed by atoms with Crippen LogP contribution in [0.3, 0.4) is 0 Å². The molecule has 0 aliphatic heterocycles. The quantitative estimate of drug-likeness (QED) is 0.345. The van der Waals surface area contributed by atoms with Crippen molar-refractivity contribution in [2.75, 3.05) is 4.17 Å². The van der Waals surface area contributed by atoms with E-state index in [-0.39, 0.29) is 0 Å². The smallest absolute Gasteiger partial charge is 0.0278 e. The monoisotopic (exact) mass is 403 g/mol. The molecule has 105 valence electrons. The van der Waals surface area contributed by atoms with Gasteiger partial charge >= 0.3 is 0 Å². The second-order valence-corrected chi connectivity index (χ2v) is 10.4. The van der Waals surface area contributed by atoms with Crippen LogP contribution in [-0.2, 0) is 0 Å². The first-order valence-electron chi connectivity index (χ1n) is 6.99. The Morgan fingerprint density at radius 3 is 1.05 bits per heavy atom. The van der Waals surface area contributed by atoms with Crippen molar-refractivity contribution in [2.45, 2.75) is 0 Å². The number of halogens is 1. The lowest BCUT2D eigenvalue weighted by Gasteiger charge is -2.36. The molecule has 0 bridgehead atoms. The Hall–Kier alpha value is -1.18. The van der Waals surface area contributed by atoms with Gasteiger partial charge < -0.3 is 0 Å². The van der Waals surface area contributed by atoms with Gasteiger partial charge in [-0.25, -0.2) is 0 Å². The minimum atomic E-state index is -1.55. The van der Waals surface area contributed by atoms with E-state index in [4.69, 9.17) is 0 Å². The molecule has 0 aliphatic rings. The van der Waals surface area contributed by atoms with E-state index in [1.54, 1.807) is 0 Å². The molecule has 3 aromatic rings. The zero-order valence-electron chi connectivity index (χ0n) is 11.7. The summed E-state index contributed by atoms with van der Waals surface area (Å²) < 4.78 is 1.11. The Morgan fingerprint density at radius 2 is 0.810 bits per heavy atom. The van der Waals surface area contributed by atoms with Gasteiger partial charge in [0.1, 0.15) is 0 Å². The predicted octanol–water partition coefficient (Wildman–Crippen LogP) is 4.37. The number of alkyl halides is 1. The van der Waals surface area contributed by atoms with E-state index in [0.29, 0.717) is 0 Å². The van der Waals surface area contributed by atoms with Crippen molar-refractivity contribution >= 4 is 45.8 Å². The van der Waals surface area contributed by atoms with E-state index in [1.807, 2.05) is 0 Å². The second kappa shape index (κ2) is 6.72. The van der Waals surface area contributed by atoms with Crippen LogP contribution in [-0.4, -0.2) is 4.17 Å². The molecular formula is C19H17IP. The molecule has 0 spiro atoms. The maximum atomic E-state index is 2.56. The van der Waals surface area contributed by atoms with Crippen molar-refractivity contribution < 1.29 is 0 Å². The van der Waals surface area contributed by atoms with Crippen LogP contribution in [0.25, 0.3) is 0 Å². The zero-order valence-corrected chi connectivity index (χ0v) is 14.7. The molecule has 1 radical (unpaired) electrons. The van der Waals surface area contributed by atoms with Crippen LogP contribution in [0.2, 0.25) is 0 Å². The molecular weight excluding hydrogens is 386 g/mol. The third-order valence-corrected chi connectivity index (χ3v) is 10.7. The Labute approximate surface area is 140 Å². The summed E-state index contributed by atoms with van der Waals surface area (Å²) in [5.74, 6) is 0. The average Bonchev–Trinajstić information content (AvgIpc) is 2.59. The van der Waals surface area contributed by atoms with Gasteiger partial charge in [0.05, 0.1) is 0 Å². The molecule has 0 fully saturated rings. The zero-order chi connectivity index (χ0) is 14.5. The van der Waals surface area contributed by atoms with Gasteiger partial charge in [-0.3, -0.25) is 0 Å². The molecule has 0 aromatic heterocycles. The Bertz CT molecular complexity index is 584. The number of hydrogen-bond acceptors (Lipinski definition) is 0. The minimum absolute atomic E-state index is 1.11. The van der Waals surface area contributed by atoms with Crippen LogP contribution in [0.1, 0.15) is 0 Å². The number of rotatable bonds is 4. The normalized spacial score (nSPS) is 11.3. The van der Waals surface area contributed by atoms with Crippen LogP contribution < -0.4 is 15.9 Å². The summed E-state index contributed by atoms with van der Waals surface area (Å²) in [7, 11) is -1.55. The SMILES string of the molecule is IC[P](c1ccccc1)(c1ccccc1)c1ccccc1.